The number of hydrogen-bond acceptors (Lipinski definition) is 6. The van der Waals surface area contributed by atoms with Gasteiger partial charge in [0.05, 0.1) is 11.0 Å². The highest BCUT2D eigenvalue weighted by Gasteiger charge is 2.25. The minimum absolute atomic E-state index is 0.00670. The van der Waals surface area contributed by atoms with Crippen LogP contribution in [0.15, 0.2) is 45.7 Å². The summed E-state index contributed by atoms with van der Waals surface area (Å²) in [6.45, 7) is 12.7. The van der Waals surface area contributed by atoms with E-state index in [2.05, 4.69) is 47.1 Å². The Labute approximate surface area is 209 Å². The number of rotatable bonds is 5. The van der Waals surface area contributed by atoms with E-state index in [1.807, 2.05) is 36.9 Å². The first-order valence-corrected chi connectivity index (χ1v) is 12.4. The second-order valence-corrected chi connectivity index (χ2v) is 9.83. The van der Waals surface area contributed by atoms with Crippen LogP contribution in [0.3, 0.4) is 0 Å². The van der Waals surface area contributed by atoms with E-state index < -0.39 is 0 Å². The van der Waals surface area contributed by atoms with E-state index >= 15 is 0 Å². The van der Waals surface area contributed by atoms with Crippen LogP contribution in [-0.2, 0) is 11.3 Å². The molecule has 1 aliphatic rings. The lowest BCUT2D eigenvalue weighted by Gasteiger charge is -2.37. The summed E-state index contributed by atoms with van der Waals surface area (Å²) in [5.74, 6) is 0.873. The number of benzene rings is 2. The van der Waals surface area contributed by atoms with E-state index in [0.717, 1.165) is 24.2 Å². The van der Waals surface area contributed by atoms with Crippen LogP contribution in [0.25, 0.3) is 22.4 Å². The Morgan fingerprint density at radius 3 is 2.42 bits per heavy atom. The zero-order valence-electron chi connectivity index (χ0n) is 21.5. The summed E-state index contributed by atoms with van der Waals surface area (Å²) in [5, 5.41) is 4.00. The van der Waals surface area contributed by atoms with Gasteiger partial charge in [-0.2, -0.15) is 4.98 Å². The molecule has 0 radical (unpaired) electrons. The zero-order chi connectivity index (χ0) is 25.6. The van der Waals surface area contributed by atoms with Gasteiger partial charge in [0.1, 0.15) is 6.54 Å². The number of nitrogens with zero attached hydrogens (tertiary/aromatic N) is 6. The third-order valence-electron chi connectivity index (χ3n) is 6.90. The molecule has 0 N–H and O–H groups in total. The van der Waals surface area contributed by atoms with Crippen LogP contribution in [0.2, 0.25) is 0 Å². The maximum absolute atomic E-state index is 13.4. The Bertz CT molecular complexity index is 1490. The van der Waals surface area contributed by atoms with Gasteiger partial charge in [0.2, 0.25) is 17.6 Å². The van der Waals surface area contributed by atoms with Gasteiger partial charge in [0.15, 0.2) is 0 Å². The van der Waals surface area contributed by atoms with E-state index in [1.54, 1.807) is 16.1 Å². The summed E-state index contributed by atoms with van der Waals surface area (Å²) in [6.07, 6.45) is 0. The number of amides is 1. The molecule has 0 aliphatic carbocycles. The Balaban J connectivity index is 1.40. The van der Waals surface area contributed by atoms with Crippen LogP contribution in [0.1, 0.15) is 36.9 Å². The van der Waals surface area contributed by atoms with Gasteiger partial charge >= 0.3 is 5.69 Å². The molecule has 2 aromatic carbocycles. The summed E-state index contributed by atoms with van der Waals surface area (Å²) in [7, 11) is 0. The van der Waals surface area contributed by atoms with Gasteiger partial charge in [-0.1, -0.05) is 17.3 Å². The van der Waals surface area contributed by atoms with E-state index in [1.165, 1.54) is 16.8 Å². The van der Waals surface area contributed by atoms with Crippen molar-refractivity contribution in [1.82, 2.24) is 24.2 Å². The van der Waals surface area contributed by atoms with Gasteiger partial charge in [0.25, 0.3) is 0 Å². The van der Waals surface area contributed by atoms with E-state index in [9.17, 15) is 9.59 Å². The van der Waals surface area contributed by atoms with Crippen molar-refractivity contribution in [2.75, 3.05) is 31.1 Å². The highest BCUT2D eigenvalue weighted by molar-refractivity contribution is 5.84. The van der Waals surface area contributed by atoms with Crippen molar-refractivity contribution in [3.8, 4) is 11.4 Å². The molecule has 1 fully saturated rings. The first kappa shape index (κ1) is 23.8. The first-order valence-electron chi connectivity index (χ1n) is 12.4. The molecule has 0 bridgehead atoms. The molecular weight excluding hydrogens is 456 g/mol. The number of aromatic nitrogens is 4. The maximum atomic E-state index is 13.4. The van der Waals surface area contributed by atoms with Crippen molar-refractivity contribution in [3.05, 3.63) is 63.9 Å². The lowest BCUT2D eigenvalue weighted by atomic mass is 10.1. The van der Waals surface area contributed by atoms with Gasteiger partial charge in [-0.3, -0.25) is 13.9 Å². The van der Waals surface area contributed by atoms with Crippen LogP contribution in [-0.4, -0.2) is 56.3 Å². The largest absolute Gasteiger partial charge is 0.368 e. The molecule has 188 valence electrons. The van der Waals surface area contributed by atoms with Crippen molar-refractivity contribution in [1.29, 1.82) is 0 Å². The molecule has 9 nitrogen and oxygen atoms in total. The van der Waals surface area contributed by atoms with Gasteiger partial charge < -0.3 is 14.3 Å². The normalized spacial score (nSPS) is 14.3. The van der Waals surface area contributed by atoms with Crippen LogP contribution < -0.4 is 10.6 Å². The highest BCUT2D eigenvalue weighted by atomic mass is 16.5. The predicted molar refractivity (Wildman–Crippen MR) is 139 cm³/mol. The van der Waals surface area contributed by atoms with Gasteiger partial charge in [-0.25, -0.2) is 4.79 Å². The molecule has 0 saturated carbocycles. The third kappa shape index (κ3) is 4.29. The summed E-state index contributed by atoms with van der Waals surface area (Å²) >= 11 is 0. The van der Waals surface area contributed by atoms with Gasteiger partial charge in [-0.15, -0.1) is 0 Å². The van der Waals surface area contributed by atoms with Crippen molar-refractivity contribution in [3.63, 3.8) is 0 Å². The van der Waals surface area contributed by atoms with E-state index in [4.69, 9.17) is 4.52 Å². The van der Waals surface area contributed by atoms with E-state index in [0.29, 0.717) is 30.3 Å². The Morgan fingerprint density at radius 1 is 1.00 bits per heavy atom. The fraction of sp³-hybridized carbons (Fsp3) is 0.407. The van der Waals surface area contributed by atoms with E-state index in [-0.39, 0.29) is 24.2 Å². The van der Waals surface area contributed by atoms with Gasteiger partial charge in [0, 0.05) is 50.4 Å². The van der Waals surface area contributed by atoms with Crippen LogP contribution >= 0.6 is 0 Å². The Morgan fingerprint density at radius 2 is 1.75 bits per heavy atom. The Hall–Kier alpha value is -3.88. The van der Waals surface area contributed by atoms with Crippen molar-refractivity contribution >= 4 is 22.6 Å². The van der Waals surface area contributed by atoms with Crippen LogP contribution in [0, 0.1) is 20.8 Å². The molecule has 1 amide bonds. The lowest BCUT2D eigenvalue weighted by molar-refractivity contribution is -0.132. The van der Waals surface area contributed by atoms with Gasteiger partial charge in [-0.05, 0) is 63.1 Å². The number of aryl methyl sites for hydroxylation is 3. The first-order chi connectivity index (χ1) is 17.2. The molecular formula is C27H32N6O3. The molecule has 5 rings (SSSR count). The number of imidazole rings is 1. The van der Waals surface area contributed by atoms with Crippen molar-refractivity contribution < 1.29 is 9.32 Å². The second kappa shape index (κ2) is 9.29. The maximum Gasteiger partial charge on any atom is 0.329 e. The average Bonchev–Trinajstić information content (AvgIpc) is 3.41. The molecule has 9 heteroatoms. The molecule has 2 aromatic heterocycles. The fourth-order valence-corrected chi connectivity index (χ4v) is 4.98. The molecule has 0 atom stereocenters. The fourth-order valence-electron chi connectivity index (χ4n) is 4.98. The molecule has 1 saturated heterocycles. The minimum Gasteiger partial charge on any atom is -0.368 e. The summed E-state index contributed by atoms with van der Waals surface area (Å²) in [5.41, 5.74) is 5.71. The topological polar surface area (TPSA) is 89.4 Å². The Kier molecular flexibility index (Phi) is 6.15. The monoisotopic (exact) mass is 488 g/mol. The zero-order valence-corrected chi connectivity index (χ0v) is 21.5. The quantitative estimate of drug-likeness (QED) is 0.426. The predicted octanol–water partition coefficient (Wildman–Crippen LogP) is 3.71. The number of carbonyl (C=O) groups excluding carboxylic acids is 1. The number of anilines is 1. The summed E-state index contributed by atoms with van der Waals surface area (Å²) in [4.78, 5) is 35.3. The second-order valence-electron chi connectivity index (χ2n) is 9.83. The van der Waals surface area contributed by atoms with Crippen LogP contribution in [0.5, 0.6) is 0 Å². The summed E-state index contributed by atoms with van der Waals surface area (Å²) in [6, 6.07) is 12.1. The highest BCUT2D eigenvalue weighted by Crippen LogP contribution is 2.25. The SMILES string of the molecule is Cc1ccc(C)c(N2CCN(C(=O)Cn3c(=O)n(C(C)C)c4ccc(-c5noc(C)n5)cc43)CC2)c1. The molecule has 36 heavy (non-hydrogen) atoms. The number of hydrogen-bond donors (Lipinski definition) is 0. The minimum atomic E-state index is -0.191. The molecule has 0 spiro atoms. The molecule has 4 aromatic rings. The lowest BCUT2D eigenvalue weighted by Crippen LogP contribution is -2.50. The van der Waals surface area contributed by atoms with Crippen molar-refractivity contribution in [2.45, 2.75) is 47.2 Å². The number of carbonyl (C=O) groups is 1. The molecule has 3 heterocycles. The van der Waals surface area contributed by atoms with Crippen LogP contribution in [0.4, 0.5) is 5.69 Å². The smallest absolute Gasteiger partial charge is 0.329 e. The molecule has 0 unspecified atom stereocenters. The number of piperazine rings is 1. The summed E-state index contributed by atoms with van der Waals surface area (Å²) < 4.78 is 8.43. The third-order valence-corrected chi connectivity index (χ3v) is 6.90. The van der Waals surface area contributed by atoms with Crippen molar-refractivity contribution in [2.24, 2.45) is 0 Å². The standard InChI is InChI=1S/C27H32N6O3/c1-17(2)33-22-9-8-21(26-28-20(5)36-29-26)15-24(22)32(27(33)35)16-25(34)31-12-10-30(11-13-31)23-14-18(3)6-7-19(23)4/h6-9,14-15,17H,10-13,16H2,1-5H3. The average molecular weight is 489 g/mol. The molecule has 1 aliphatic heterocycles. The number of fused-ring (bicyclic) bond motifs is 1.